The Kier molecular flexibility index (Phi) is 4.17. The van der Waals surface area contributed by atoms with Gasteiger partial charge < -0.3 is 4.90 Å². The van der Waals surface area contributed by atoms with Gasteiger partial charge in [0.1, 0.15) is 0 Å². The van der Waals surface area contributed by atoms with Gasteiger partial charge in [0.15, 0.2) is 5.13 Å². The molecule has 2 amide bonds. The maximum Gasteiger partial charge on any atom is 0.323 e. The third-order valence-electron chi connectivity index (χ3n) is 2.36. The van der Waals surface area contributed by atoms with Gasteiger partial charge in [-0.25, -0.2) is 9.78 Å². The predicted molar refractivity (Wildman–Crippen MR) is 74.1 cm³/mol. The van der Waals surface area contributed by atoms with Crippen molar-refractivity contribution in [3.05, 3.63) is 46.4 Å². The first-order valence-electron chi connectivity index (χ1n) is 5.32. The number of nitrogens with one attached hydrogen (secondary N) is 1. The molecule has 1 N–H and O–H groups in total. The summed E-state index contributed by atoms with van der Waals surface area (Å²) in [5.41, 5.74) is 0.913. The number of carbonyl (C=O) groups excluding carboxylic acids is 1. The molecule has 2 aromatic rings. The monoisotopic (exact) mass is 281 g/mol. The second-order valence-corrected chi connectivity index (χ2v) is 5.02. The van der Waals surface area contributed by atoms with Gasteiger partial charge in [0.25, 0.3) is 0 Å². The van der Waals surface area contributed by atoms with Crippen molar-refractivity contribution in [1.82, 2.24) is 9.88 Å². The molecule has 1 aromatic heterocycles. The average molecular weight is 282 g/mol. The van der Waals surface area contributed by atoms with Crippen LogP contribution in [0.2, 0.25) is 5.02 Å². The number of benzene rings is 1. The molecular formula is C12H12ClN3OS. The lowest BCUT2D eigenvalue weighted by molar-refractivity contribution is 0.220. The largest absolute Gasteiger partial charge is 0.323 e. The highest BCUT2D eigenvalue weighted by molar-refractivity contribution is 7.13. The molecule has 0 aliphatic heterocycles. The van der Waals surface area contributed by atoms with Crippen LogP contribution in [-0.2, 0) is 6.54 Å². The van der Waals surface area contributed by atoms with Gasteiger partial charge in [0, 0.05) is 30.2 Å². The molecule has 0 atom stereocenters. The lowest BCUT2D eigenvalue weighted by Crippen LogP contribution is -2.30. The van der Waals surface area contributed by atoms with Crippen molar-refractivity contribution in [2.24, 2.45) is 0 Å². The first-order valence-corrected chi connectivity index (χ1v) is 6.57. The molecule has 0 aliphatic carbocycles. The van der Waals surface area contributed by atoms with Crippen LogP contribution in [0.1, 0.15) is 5.56 Å². The van der Waals surface area contributed by atoms with E-state index in [9.17, 15) is 4.79 Å². The van der Waals surface area contributed by atoms with Crippen molar-refractivity contribution in [2.75, 3.05) is 12.4 Å². The van der Waals surface area contributed by atoms with Crippen molar-refractivity contribution in [2.45, 2.75) is 6.54 Å². The van der Waals surface area contributed by atoms with Crippen LogP contribution in [-0.4, -0.2) is 23.0 Å². The minimum absolute atomic E-state index is 0.204. The molecule has 0 aliphatic rings. The van der Waals surface area contributed by atoms with Crippen molar-refractivity contribution in [3.63, 3.8) is 0 Å². The minimum atomic E-state index is -0.204. The molecule has 4 nitrogen and oxygen atoms in total. The van der Waals surface area contributed by atoms with Crippen molar-refractivity contribution in [3.8, 4) is 0 Å². The Balaban J connectivity index is 1.97. The van der Waals surface area contributed by atoms with Crippen molar-refractivity contribution >= 4 is 34.1 Å². The number of aromatic nitrogens is 1. The number of hydrogen-bond acceptors (Lipinski definition) is 3. The summed E-state index contributed by atoms with van der Waals surface area (Å²) < 4.78 is 0. The molecule has 1 heterocycles. The molecule has 0 fully saturated rings. The topological polar surface area (TPSA) is 45.2 Å². The van der Waals surface area contributed by atoms with E-state index < -0.39 is 0 Å². The minimum Gasteiger partial charge on any atom is -0.323 e. The molecule has 0 bridgehead atoms. The number of urea groups is 1. The number of carbonyl (C=O) groups is 1. The number of anilines is 1. The first kappa shape index (κ1) is 12.9. The van der Waals surface area contributed by atoms with E-state index in [1.807, 2.05) is 29.6 Å². The third kappa shape index (κ3) is 3.21. The molecule has 0 spiro atoms. The van der Waals surface area contributed by atoms with Crippen LogP contribution < -0.4 is 5.32 Å². The molecule has 1 aromatic carbocycles. The zero-order valence-electron chi connectivity index (χ0n) is 9.76. The Morgan fingerprint density at radius 3 is 2.94 bits per heavy atom. The maximum absolute atomic E-state index is 11.9. The van der Waals surface area contributed by atoms with Crippen LogP contribution in [0, 0.1) is 0 Å². The molecule has 18 heavy (non-hydrogen) atoms. The van der Waals surface area contributed by atoms with Crippen LogP contribution in [0.5, 0.6) is 0 Å². The van der Waals surface area contributed by atoms with Crippen LogP contribution in [0.3, 0.4) is 0 Å². The zero-order chi connectivity index (χ0) is 13.0. The van der Waals surface area contributed by atoms with E-state index in [-0.39, 0.29) is 6.03 Å². The summed E-state index contributed by atoms with van der Waals surface area (Å²) in [6, 6.07) is 7.26. The Bertz CT molecular complexity index is 530. The molecule has 0 unspecified atom stereocenters. The maximum atomic E-state index is 11.9. The molecule has 0 saturated carbocycles. The zero-order valence-corrected chi connectivity index (χ0v) is 11.3. The van der Waals surface area contributed by atoms with Crippen LogP contribution in [0.4, 0.5) is 9.93 Å². The van der Waals surface area contributed by atoms with E-state index in [1.165, 1.54) is 11.3 Å². The molecule has 0 radical (unpaired) electrons. The highest BCUT2D eigenvalue weighted by Gasteiger charge is 2.11. The van der Waals surface area contributed by atoms with Gasteiger partial charge in [-0.05, 0) is 11.6 Å². The lowest BCUT2D eigenvalue weighted by atomic mass is 10.2. The molecule has 0 saturated heterocycles. The van der Waals surface area contributed by atoms with Gasteiger partial charge in [-0.1, -0.05) is 29.8 Å². The number of nitrogens with zero attached hydrogens (tertiary/aromatic N) is 2. The van der Waals surface area contributed by atoms with Gasteiger partial charge in [-0.3, -0.25) is 5.32 Å². The van der Waals surface area contributed by atoms with Gasteiger partial charge in [-0.15, -0.1) is 11.3 Å². The predicted octanol–water partition coefficient (Wildman–Crippen LogP) is 3.46. The van der Waals surface area contributed by atoms with E-state index in [4.69, 9.17) is 11.6 Å². The molecule has 6 heteroatoms. The summed E-state index contributed by atoms with van der Waals surface area (Å²) in [7, 11) is 1.71. The van der Waals surface area contributed by atoms with E-state index >= 15 is 0 Å². The van der Waals surface area contributed by atoms with E-state index in [0.29, 0.717) is 16.7 Å². The SMILES string of the molecule is CN(Cc1ccccc1Cl)C(=O)Nc1nccs1. The summed E-state index contributed by atoms with van der Waals surface area (Å²) in [6.45, 7) is 0.455. The second kappa shape index (κ2) is 5.84. The smallest absolute Gasteiger partial charge is 0.323 e. The van der Waals surface area contributed by atoms with Gasteiger partial charge in [-0.2, -0.15) is 0 Å². The Labute approximate surface area is 114 Å². The van der Waals surface area contributed by atoms with E-state index in [1.54, 1.807) is 18.1 Å². The summed E-state index contributed by atoms with van der Waals surface area (Å²) in [6.07, 6.45) is 1.65. The molecular weight excluding hydrogens is 270 g/mol. The lowest BCUT2D eigenvalue weighted by Gasteiger charge is -2.17. The van der Waals surface area contributed by atoms with E-state index in [0.717, 1.165) is 5.56 Å². The number of thiazole rings is 1. The summed E-state index contributed by atoms with van der Waals surface area (Å²) >= 11 is 7.43. The fraction of sp³-hybridized carbons (Fsp3) is 0.167. The number of halogens is 1. The summed E-state index contributed by atoms with van der Waals surface area (Å²) in [5, 5.41) is 5.77. The highest BCUT2D eigenvalue weighted by Crippen LogP contribution is 2.17. The van der Waals surface area contributed by atoms with Gasteiger partial charge in [0.2, 0.25) is 0 Å². The Hall–Kier alpha value is -1.59. The van der Waals surface area contributed by atoms with Crippen LogP contribution in [0.25, 0.3) is 0 Å². The van der Waals surface area contributed by atoms with Gasteiger partial charge in [0.05, 0.1) is 0 Å². The van der Waals surface area contributed by atoms with E-state index in [2.05, 4.69) is 10.3 Å². The van der Waals surface area contributed by atoms with Crippen molar-refractivity contribution < 1.29 is 4.79 Å². The molecule has 94 valence electrons. The first-order chi connectivity index (χ1) is 8.66. The van der Waals surface area contributed by atoms with Gasteiger partial charge >= 0.3 is 6.03 Å². The quantitative estimate of drug-likeness (QED) is 0.936. The van der Waals surface area contributed by atoms with Crippen molar-refractivity contribution in [1.29, 1.82) is 0 Å². The standard InChI is InChI=1S/C12H12ClN3OS/c1-16(8-9-4-2-3-5-10(9)13)12(17)15-11-14-6-7-18-11/h2-7H,8H2,1H3,(H,14,15,17). The number of amides is 2. The fourth-order valence-corrected chi connectivity index (χ4v) is 2.14. The molecule has 2 rings (SSSR count). The van der Waals surface area contributed by atoms with Crippen LogP contribution in [0.15, 0.2) is 35.8 Å². The summed E-state index contributed by atoms with van der Waals surface area (Å²) in [4.78, 5) is 17.4. The second-order valence-electron chi connectivity index (χ2n) is 3.71. The average Bonchev–Trinajstić information content (AvgIpc) is 2.84. The van der Waals surface area contributed by atoms with Crippen LogP contribution >= 0.6 is 22.9 Å². The number of hydrogen-bond donors (Lipinski definition) is 1. The Morgan fingerprint density at radius 2 is 2.28 bits per heavy atom. The number of rotatable bonds is 3. The Morgan fingerprint density at radius 1 is 1.50 bits per heavy atom. The fourth-order valence-electron chi connectivity index (χ4n) is 1.43. The third-order valence-corrected chi connectivity index (χ3v) is 3.42. The highest BCUT2D eigenvalue weighted by atomic mass is 35.5. The summed E-state index contributed by atoms with van der Waals surface area (Å²) in [5.74, 6) is 0. The normalized spacial score (nSPS) is 10.1.